The van der Waals surface area contributed by atoms with Gasteiger partial charge in [-0.3, -0.25) is 14.7 Å². The first-order valence-electron chi connectivity index (χ1n) is 7.67. The Morgan fingerprint density at radius 1 is 1.33 bits per heavy atom. The third kappa shape index (κ3) is 5.10. The lowest BCUT2D eigenvalue weighted by Crippen LogP contribution is -2.49. The van der Waals surface area contributed by atoms with Gasteiger partial charge in [-0.1, -0.05) is 13.8 Å². The van der Waals surface area contributed by atoms with Crippen LogP contribution >= 0.6 is 0 Å². The molecular formula is C16H25N3O2. The second-order valence-corrected chi connectivity index (χ2v) is 5.88. The molecule has 1 aromatic rings. The van der Waals surface area contributed by atoms with Crippen LogP contribution in [0.3, 0.4) is 0 Å². The minimum Gasteiger partial charge on any atom is -0.379 e. The number of hydrogen-bond acceptors (Lipinski definition) is 4. The predicted molar refractivity (Wildman–Crippen MR) is 82.2 cm³/mol. The molecule has 1 atom stereocenters. The van der Waals surface area contributed by atoms with Gasteiger partial charge >= 0.3 is 0 Å². The van der Waals surface area contributed by atoms with Crippen LogP contribution in [0.4, 0.5) is 0 Å². The number of carbonyl (C=O) groups excluding carboxylic acids is 1. The van der Waals surface area contributed by atoms with E-state index in [0.717, 1.165) is 32.7 Å². The first kappa shape index (κ1) is 15.9. The van der Waals surface area contributed by atoms with E-state index in [0.29, 0.717) is 24.1 Å². The van der Waals surface area contributed by atoms with Crippen molar-refractivity contribution >= 4 is 5.91 Å². The van der Waals surface area contributed by atoms with Gasteiger partial charge in [0.15, 0.2) is 0 Å². The van der Waals surface area contributed by atoms with Gasteiger partial charge in [0.05, 0.1) is 13.2 Å². The van der Waals surface area contributed by atoms with Crippen molar-refractivity contribution in [2.75, 3.05) is 32.8 Å². The van der Waals surface area contributed by atoms with Crippen molar-refractivity contribution in [1.82, 2.24) is 15.2 Å². The van der Waals surface area contributed by atoms with Crippen LogP contribution in [0.2, 0.25) is 0 Å². The summed E-state index contributed by atoms with van der Waals surface area (Å²) in [5.74, 6) is 0.579. The second-order valence-electron chi connectivity index (χ2n) is 5.88. The number of hydrogen-bond donors (Lipinski definition) is 1. The first-order chi connectivity index (χ1) is 10.2. The highest BCUT2D eigenvalue weighted by Crippen LogP contribution is 2.13. The van der Waals surface area contributed by atoms with Gasteiger partial charge in [-0.2, -0.15) is 0 Å². The lowest BCUT2D eigenvalue weighted by Gasteiger charge is -2.35. The zero-order valence-corrected chi connectivity index (χ0v) is 12.9. The molecule has 0 radical (unpaired) electrons. The maximum Gasteiger partial charge on any atom is 0.251 e. The molecular weight excluding hydrogens is 266 g/mol. The number of aromatic nitrogens is 1. The van der Waals surface area contributed by atoms with Crippen LogP contribution in [-0.4, -0.2) is 54.7 Å². The summed E-state index contributed by atoms with van der Waals surface area (Å²) in [6, 6.07) is 3.85. The molecule has 0 aliphatic carbocycles. The summed E-state index contributed by atoms with van der Waals surface area (Å²) in [4.78, 5) is 18.5. The Balaban J connectivity index is 1.90. The minimum absolute atomic E-state index is 0.0283. The number of pyridine rings is 1. The molecule has 0 aromatic carbocycles. The number of carbonyl (C=O) groups is 1. The lowest BCUT2D eigenvalue weighted by molar-refractivity contribution is 0.0124. The summed E-state index contributed by atoms with van der Waals surface area (Å²) in [5, 5.41) is 3.05. The van der Waals surface area contributed by atoms with Crippen molar-refractivity contribution < 1.29 is 9.53 Å². The molecule has 2 heterocycles. The van der Waals surface area contributed by atoms with E-state index in [1.54, 1.807) is 24.5 Å². The minimum atomic E-state index is -0.0283. The number of amides is 1. The molecule has 0 saturated carbocycles. The van der Waals surface area contributed by atoms with Crippen LogP contribution in [0.25, 0.3) is 0 Å². The van der Waals surface area contributed by atoms with Crippen molar-refractivity contribution in [1.29, 1.82) is 0 Å². The van der Waals surface area contributed by atoms with E-state index < -0.39 is 0 Å². The summed E-state index contributed by atoms with van der Waals surface area (Å²) < 4.78 is 5.41. The molecule has 1 amide bonds. The quantitative estimate of drug-likeness (QED) is 0.864. The molecule has 1 N–H and O–H groups in total. The van der Waals surface area contributed by atoms with Crippen molar-refractivity contribution in [3.63, 3.8) is 0 Å². The van der Waals surface area contributed by atoms with Gasteiger partial charge in [0, 0.05) is 43.6 Å². The average Bonchev–Trinajstić information content (AvgIpc) is 2.52. The molecule has 5 nitrogen and oxygen atoms in total. The highest BCUT2D eigenvalue weighted by molar-refractivity contribution is 5.93. The van der Waals surface area contributed by atoms with E-state index in [-0.39, 0.29) is 5.91 Å². The maximum absolute atomic E-state index is 12.1. The summed E-state index contributed by atoms with van der Waals surface area (Å²) in [6.07, 6.45) is 4.36. The highest BCUT2D eigenvalue weighted by Gasteiger charge is 2.22. The normalized spacial score (nSPS) is 17.7. The third-order valence-electron chi connectivity index (χ3n) is 3.75. The largest absolute Gasteiger partial charge is 0.379 e. The fourth-order valence-electron chi connectivity index (χ4n) is 2.66. The molecule has 0 spiro atoms. The van der Waals surface area contributed by atoms with Crippen molar-refractivity contribution in [2.45, 2.75) is 26.3 Å². The number of nitrogens with one attached hydrogen (secondary N) is 1. The standard InChI is InChI=1S/C16H25N3O2/c1-13(2)11-15(19-7-9-21-10-8-19)12-18-16(20)14-3-5-17-6-4-14/h3-6,13,15H,7-12H2,1-2H3,(H,18,20)/t15-/m1/s1. The summed E-state index contributed by atoms with van der Waals surface area (Å²) >= 11 is 0. The SMILES string of the molecule is CC(C)C[C@H](CNC(=O)c1ccncc1)N1CCOCC1. The van der Waals surface area contributed by atoms with Crippen LogP contribution in [0.15, 0.2) is 24.5 Å². The number of ether oxygens (including phenoxy) is 1. The lowest BCUT2D eigenvalue weighted by atomic mass is 10.0. The summed E-state index contributed by atoms with van der Waals surface area (Å²) in [7, 11) is 0. The zero-order valence-electron chi connectivity index (χ0n) is 12.9. The molecule has 1 fully saturated rings. The van der Waals surface area contributed by atoms with E-state index in [1.807, 2.05) is 0 Å². The van der Waals surface area contributed by atoms with Crippen LogP contribution in [0.1, 0.15) is 30.6 Å². The number of morpholine rings is 1. The van der Waals surface area contributed by atoms with E-state index in [9.17, 15) is 4.79 Å². The van der Waals surface area contributed by atoms with E-state index in [2.05, 4.69) is 29.0 Å². The fraction of sp³-hybridized carbons (Fsp3) is 0.625. The Morgan fingerprint density at radius 2 is 2.00 bits per heavy atom. The molecule has 1 aliphatic heterocycles. The van der Waals surface area contributed by atoms with Crippen molar-refractivity contribution in [3.8, 4) is 0 Å². The van der Waals surface area contributed by atoms with Gasteiger partial charge in [-0.05, 0) is 24.5 Å². The molecule has 21 heavy (non-hydrogen) atoms. The molecule has 1 aromatic heterocycles. The van der Waals surface area contributed by atoms with Crippen LogP contribution < -0.4 is 5.32 Å². The molecule has 0 bridgehead atoms. The molecule has 5 heteroatoms. The van der Waals surface area contributed by atoms with E-state index in [1.165, 1.54) is 0 Å². The summed E-state index contributed by atoms with van der Waals surface area (Å²) in [5.41, 5.74) is 0.662. The Hall–Kier alpha value is -1.46. The third-order valence-corrected chi connectivity index (χ3v) is 3.75. The van der Waals surface area contributed by atoms with Gasteiger partial charge in [-0.25, -0.2) is 0 Å². The van der Waals surface area contributed by atoms with E-state index in [4.69, 9.17) is 4.74 Å². The Morgan fingerprint density at radius 3 is 2.62 bits per heavy atom. The topological polar surface area (TPSA) is 54.5 Å². The average molecular weight is 291 g/mol. The van der Waals surface area contributed by atoms with Gasteiger partial charge in [0.2, 0.25) is 0 Å². The van der Waals surface area contributed by atoms with Crippen LogP contribution in [0, 0.1) is 5.92 Å². The van der Waals surface area contributed by atoms with Gasteiger partial charge in [0.25, 0.3) is 5.91 Å². The summed E-state index contributed by atoms with van der Waals surface area (Å²) in [6.45, 7) is 8.58. The van der Waals surface area contributed by atoms with Crippen molar-refractivity contribution in [2.24, 2.45) is 5.92 Å². The van der Waals surface area contributed by atoms with Gasteiger partial charge < -0.3 is 10.1 Å². The maximum atomic E-state index is 12.1. The van der Waals surface area contributed by atoms with Gasteiger partial charge in [-0.15, -0.1) is 0 Å². The first-order valence-corrected chi connectivity index (χ1v) is 7.67. The highest BCUT2D eigenvalue weighted by atomic mass is 16.5. The van der Waals surface area contributed by atoms with Gasteiger partial charge in [0.1, 0.15) is 0 Å². The van der Waals surface area contributed by atoms with E-state index >= 15 is 0 Å². The number of rotatable bonds is 6. The Kier molecular flexibility index (Phi) is 6.14. The Labute approximate surface area is 126 Å². The van der Waals surface area contributed by atoms with Crippen LogP contribution in [0.5, 0.6) is 0 Å². The second kappa shape index (κ2) is 8.10. The van der Waals surface area contributed by atoms with Crippen molar-refractivity contribution in [3.05, 3.63) is 30.1 Å². The molecule has 1 saturated heterocycles. The smallest absolute Gasteiger partial charge is 0.251 e. The molecule has 2 rings (SSSR count). The van der Waals surface area contributed by atoms with Crippen LogP contribution in [-0.2, 0) is 4.74 Å². The predicted octanol–water partition coefficient (Wildman–Crippen LogP) is 1.56. The zero-order chi connectivity index (χ0) is 15.1. The fourth-order valence-corrected chi connectivity index (χ4v) is 2.66. The molecule has 0 unspecified atom stereocenters. The number of nitrogens with zero attached hydrogens (tertiary/aromatic N) is 2. The Bertz CT molecular complexity index is 430. The molecule has 116 valence electrons. The molecule has 1 aliphatic rings. The monoisotopic (exact) mass is 291 g/mol.